The number of benzene rings is 2. The number of sulfonamides is 1. The van der Waals surface area contributed by atoms with Gasteiger partial charge in [-0.15, -0.1) is 0 Å². The van der Waals surface area contributed by atoms with Gasteiger partial charge in [-0.1, -0.05) is 17.3 Å². The van der Waals surface area contributed by atoms with Crippen molar-refractivity contribution in [3.63, 3.8) is 0 Å². The number of esters is 1. The minimum Gasteiger partial charge on any atom is -0.496 e. The van der Waals surface area contributed by atoms with Crippen LogP contribution in [0.3, 0.4) is 0 Å². The van der Waals surface area contributed by atoms with E-state index >= 15 is 0 Å². The zero-order valence-corrected chi connectivity index (χ0v) is 17.7. The van der Waals surface area contributed by atoms with Gasteiger partial charge in [-0.25, -0.2) is 13.2 Å². The van der Waals surface area contributed by atoms with E-state index in [0.29, 0.717) is 30.2 Å². The van der Waals surface area contributed by atoms with E-state index < -0.39 is 16.0 Å². The number of hydrogen-bond donors (Lipinski definition) is 0. The Morgan fingerprint density at radius 2 is 1.81 bits per heavy atom. The number of carbonyl (C=O) groups is 1. The van der Waals surface area contributed by atoms with Gasteiger partial charge in [0.05, 0.1) is 23.1 Å². The summed E-state index contributed by atoms with van der Waals surface area (Å²) in [6, 6.07) is 12.9. The standard InChI is InChI=1S/C21H21N3O6S/c1-28-18-7-3-2-6-17(18)20-22-19(30-23-20)14-29-21(25)15-8-10-16(11-9-15)31(26,27)24-12-4-5-13-24/h2-3,6-11H,4-5,12-14H2,1H3. The van der Waals surface area contributed by atoms with Gasteiger partial charge < -0.3 is 14.0 Å². The topological polar surface area (TPSA) is 112 Å². The third kappa shape index (κ3) is 4.44. The first-order valence-corrected chi connectivity index (χ1v) is 11.2. The predicted molar refractivity (Wildman–Crippen MR) is 110 cm³/mol. The molecule has 1 saturated heterocycles. The van der Waals surface area contributed by atoms with Crippen molar-refractivity contribution in [2.24, 2.45) is 0 Å². The SMILES string of the molecule is COc1ccccc1-c1noc(COC(=O)c2ccc(S(=O)(=O)N3CCCC3)cc2)n1. The van der Waals surface area contributed by atoms with Crippen molar-refractivity contribution in [3.8, 4) is 17.1 Å². The van der Waals surface area contributed by atoms with Gasteiger partial charge in [-0.2, -0.15) is 9.29 Å². The second kappa shape index (κ2) is 8.86. The van der Waals surface area contributed by atoms with Crippen molar-refractivity contribution in [1.29, 1.82) is 0 Å². The quantitative estimate of drug-likeness (QED) is 0.513. The van der Waals surface area contributed by atoms with Gasteiger partial charge in [0, 0.05) is 13.1 Å². The van der Waals surface area contributed by atoms with E-state index in [1.165, 1.54) is 28.6 Å². The van der Waals surface area contributed by atoms with Crippen LogP contribution in [0.1, 0.15) is 29.1 Å². The molecule has 4 rings (SSSR count). The van der Waals surface area contributed by atoms with Gasteiger partial charge >= 0.3 is 5.97 Å². The van der Waals surface area contributed by atoms with E-state index in [0.717, 1.165) is 12.8 Å². The zero-order chi connectivity index (χ0) is 21.8. The normalized spacial score (nSPS) is 14.5. The van der Waals surface area contributed by atoms with Gasteiger partial charge in [0.2, 0.25) is 15.8 Å². The fourth-order valence-electron chi connectivity index (χ4n) is 3.30. The van der Waals surface area contributed by atoms with Crippen molar-refractivity contribution < 1.29 is 27.2 Å². The molecule has 1 aliphatic heterocycles. The summed E-state index contributed by atoms with van der Waals surface area (Å²) in [4.78, 5) is 16.7. The summed E-state index contributed by atoms with van der Waals surface area (Å²) < 4.78 is 42.2. The number of para-hydroxylation sites is 1. The van der Waals surface area contributed by atoms with Crippen LogP contribution in [-0.2, 0) is 21.4 Å². The summed E-state index contributed by atoms with van der Waals surface area (Å²) in [6.07, 6.45) is 1.72. The minimum atomic E-state index is -3.53. The van der Waals surface area contributed by atoms with Crippen molar-refractivity contribution in [2.45, 2.75) is 24.3 Å². The Bertz CT molecular complexity index is 1170. The first-order chi connectivity index (χ1) is 15.0. The summed E-state index contributed by atoms with van der Waals surface area (Å²) in [5.74, 6) is 0.417. The van der Waals surface area contributed by atoms with Crippen LogP contribution < -0.4 is 4.74 Å². The van der Waals surface area contributed by atoms with Gasteiger partial charge in [-0.3, -0.25) is 0 Å². The molecule has 0 bridgehead atoms. The maximum absolute atomic E-state index is 12.6. The van der Waals surface area contributed by atoms with Gasteiger partial charge in [0.15, 0.2) is 6.61 Å². The first-order valence-electron chi connectivity index (χ1n) is 9.72. The van der Waals surface area contributed by atoms with Crippen LogP contribution in [0.2, 0.25) is 0 Å². The summed E-state index contributed by atoms with van der Waals surface area (Å²) in [5.41, 5.74) is 0.881. The maximum atomic E-state index is 12.6. The van der Waals surface area contributed by atoms with Crippen LogP contribution in [0.15, 0.2) is 57.9 Å². The predicted octanol–water partition coefficient (Wildman–Crippen LogP) is 2.89. The molecule has 2 aromatic carbocycles. The highest BCUT2D eigenvalue weighted by atomic mass is 32.2. The van der Waals surface area contributed by atoms with Crippen molar-refractivity contribution in [3.05, 3.63) is 60.0 Å². The molecule has 1 aliphatic rings. The van der Waals surface area contributed by atoms with Gasteiger partial charge in [0.25, 0.3) is 5.89 Å². The molecule has 0 unspecified atom stereocenters. The number of aromatic nitrogens is 2. The molecule has 10 heteroatoms. The van der Waals surface area contributed by atoms with Crippen LogP contribution in [0.4, 0.5) is 0 Å². The lowest BCUT2D eigenvalue weighted by Crippen LogP contribution is -2.27. The first kappa shape index (κ1) is 21.0. The molecule has 0 spiro atoms. The number of rotatable bonds is 7. The molecular formula is C21H21N3O6S. The average molecular weight is 443 g/mol. The highest BCUT2D eigenvalue weighted by Crippen LogP contribution is 2.27. The average Bonchev–Trinajstić information content (AvgIpc) is 3.50. The molecule has 0 atom stereocenters. The smallest absolute Gasteiger partial charge is 0.338 e. The lowest BCUT2D eigenvalue weighted by molar-refractivity contribution is 0.0429. The Morgan fingerprint density at radius 3 is 2.52 bits per heavy atom. The van der Waals surface area contributed by atoms with E-state index in [1.807, 2.05) is 12.1 Å². The Labute approximate surface area is 179 Å². The van der Waals surface area contributed by atoms with Crippen LogP contribution in [0.5, 0.6) is 5.75 Å². The number of methoxy groups -OCH3 is 1. The largest absolute Gasteiger partial charge is 0.496 e. The molecule has 0 N–H and O–H groups in total. The molecule has 0 amide bonds. The maximum Gasteiger partial charge on any atom is 0.338 e. The highest BCUT2D eigenvalue weighted by Gasteiger charge is 2.27. The third-order valence-corrected chi connectivity index (χ3v) is 6.85. The van der Waals surface area contributed by atoms with Crippen LogP contribution in [0, 0.1) is 0 Å². The summed E-state index contributed by atoms with van der Waals surface area (Å²) in [5, 5.41) is 3.89. The van der Waals surface area contributed by atoms with Crippen LogP contribution in [-0.4, -0.2) is 49.0 Å². The van der Waals surface area contributed by atoms with Gasteiger partial charge in [0.1, 0.15) is 5.75 Å². The summed E-state index contributed by atoms with van der Waals surface area (Å²) in [6.45, 7) is 0.828. The minimum absolute atomic E-state index is 0.127. The second-order valence-corrected chi connectivity index (χ2v) is 8.86. The van der Waals surface area contributed by atoms with E-state index in [9.17, 15) is 13.2 Å². The van der Waals surface area contributed by atoms with E-state index in [1.54, 1.807) is 19.2 Å². The van der Waals surface area contributed by atoms with E-state index in [2.05, 4.69) is 10.1 Å². The van der Waals surface area contributed by atoms with E-state index in [4.69, 9.17) is 14.0 Å². The Balaban J connectivity index is 1.40. The Kier molecular flexibility index (Phi) is 6.01. The molecule has 0 saturated carbocycles. The van der Waals surface area contributed by atoms with Crippen LogP contribution >= 0.6 is 0 Å². The molecule has 2 heterocycles. The Hall–Kier alpha value is -3.24. The zero-order valence-electron chi connectivity index (χ0n) is 16.9. The molecule has 1 fully saturated rings. The van der Waals surface area contributed by atoms with Crippen LogP contribution in [0.25, 0.3) is 11.4 Å². The molecule has 0 radical (unpaired) electrons. The molecule has 9 nitrogen and oxygen atoms in total. The number of nitrogens with zero attached hydrogens (tertiary/aromatic N) is 3. The van der Waals surface area contributed by atoms with Gasteiger partial charge in [-0.05, 0) is 49.2 Å². The molecule has 31 heavy (non-hydrogen) atoms. The second-order valence-electron chi connectivity index (χ2n) is 6.92. The van der Waals surface area contributed by atoms with E-state index in [-0.39, 0.29) is 23.0 Å². The van der Waals surface area contributed by atoms with Crippen molar-refractivity contribution in [2.75, 3.05) is 20.2 Å². The lowest BCUT2D eigenvalue weighted by Gasteiger charge is -2.15. The molecule has 1 aromatic heterocycles. The number of hydrogen-bond acceptors (Lipinski definition) is 8. The molecule has 0 aliphatic carbocycles. The monoisotopic (exact) mass is 443 g/mol. The molecule has 162 valence electrons. The lowest BCUT2D eigenvalue weighted by atomic mass is 10.2. The Morgan fingerprint density at radius 1 is 1.10 bits per heavy atom. The van der Waals surface area contributed by atoms with Crippen molar-refractivity contribution in [1.82, 2.24) is 14.4 Å². The fourth-order valence-corrected chi connectivity index (χ4v) is 4.82. The molecule has 3 aromatic rings. The summed E-state index contributed by atoms with van der Waals surface area (Å²) >= 11 is 0. The third-order valence-electron chi connectivity index (χ3n) is 4.94. The highest BCUT2D eigenvalue weighted by molar-refractivity contribution is 7.89. The molecular weight excluding hydrogens is 422 g/mol. The number of carbonyl (C=O) groups excluding carboxylic acids is 1. The summed E-state index contributed by atoms with van der Waals surface area (Å²) in [7, 11) is -1.98. The van der Waals surface area contributed by atoms with Crippen molar-refractivity contribution >= 4 is 16.0 Å². The number of ether oxygens (including phenoxy) is 2. The fraction of sp³-hybridized carbons (Fsp3) is 0.286.